The fourth-order valence-corrected chi connectivity index (χ4v) is 10.1. The summed E-state index contributed by atoms with van der Waals surface area (Å²) in [6.45, 7) is 0. The predicted molar refractivity (Wildman–Crippen MR) is 235 cm³/mol. The average Bonchev–Trinajstić information content (AvgIpc) is 3.58. The van der Waals surface area contributed by atoms with E-state index in [0.29, 0.717) is 11.4 Å². The van der Waals surface area contributed by atoms with Gasteiger partial charge in [0.05, 0.1) is 28.4 Å². The van der Waals surface area contributed by atoms with E-state index in [9.17, 15) is 5.26 Å². The van der Waals surface area contributed by atoms with Crippen LogP contribution in [-0.2, 0) is 5.41 Å². The molecule has 0 unspecified atom stereocenters. The van der Waals surface area contributed by atoms with E-state index >= 15 is 0 Å². The molecule has 11 rings (SSSR count). The Hall–Kier alpha value is -7.32. The third-order valence-electron chi connectivity index (χ3n) is 11.6. The molecule has 270 valence electrons. The molecule has 0 saturated heterocycles. The van der Waals surface area contributed by atoms with Gasteiger partial charge in [-0.2, -0.15) is 5.26 Å². The first-order valence-corrected chi connectivity index (χ1v) is 20.3. The number of hydrogen-bond donors (Lipinski definition) is 0. The predicted octanol–water partition coefficient (Wildman–Crippen LogP) is 13.5. The second-order valence-electron chi connectivity index (χ2n) is 14.8. The summed E-state index contributed by atoms with van der Waals surface area (Å²) >= 11 is 1.84. The molecule has 0 bridgehead atoms. The van der Waals surface area contributed by atoms with Gasteiger partial charge in [0, 0.05) is 26.5 Å². The first-order chi connectivity index (χ1) is 28.7. The van der Waals surface area contributed by atoms with Crippen LogP contribution in [0.5, 0.6) is 0 Å². The number of aromatic nitrogens is 2. The lowest BCUT2D eigenvalue weighted by atomic mass is 9.67. The van der Waals surface area contributed by atoms with Crippen LogP contribution in [-0.4, -0.2) is 9.97 Å². The van der Waals surface area contributed by atoms with Gasteiger partial charge in [-0.25, -0.2) is 9.97 Å². The molecule has 9 aromatic rings. The summed E-state index contributed by atoms with van der Waals surface area (Å²) in [6.07, 6.45) is 0. The lowest BCUT2D eigenvalue weighted by Gasteiger charge is -2.39. The zero-order valence-electron chi connectivity index (χ0n) is 31.3. The van der Waals surface area contributed by atoms with Crippen LogP contribution >= 0.6 is 11.8 Å². The van der Waals surface area contributed by atoms with Gasteiger partial charge < -0.3 is 0 Å². The molecule has 0 radical (unpaired) electrons. The van der Waals surface area contributed by atoms with Gasteiger partial charge >= 0.3 is 0 Å². The Morgan fingerprint density at radius 2 is 0.879 bits per heavy atom. The Labute approximate surface area is 342 Å². The average molecular weight is 756 g/mol. The highest BCUT2D eigenvalue weighted by Gasteiger charge is 2.50. The molecule has 58 heavy (non-hydrogen) atoms. The minimum atomic E-state index is -0.474. The second-order valence-corrected chi connectivity index (χ2v) is 15.9. The van der Waals surface area contributed by atoms with Gasteiger partial charge in [-0.3, -0.25) is 0 Å². The van der Waals surface area contributed by atoms with E-state index in [4.69, 9.17) is 9.97 Å². The lowest BCUT2D eigenvalue weighted by Crippen LogP contribution is -2.31. The molecular weight excluding hydrogens is 723 g/mol. The number of nitriles is 1. The number of benzene rings is 8. The quantitative estimate of drug-likeness (QED) is 0.175. The molecular formula is C54H33N3S. The Morgan fingerprint density at radius 3 is 1.53 bits per heavy atom. The number of fused-ring (bicyclic) bond motifs is 9. The maximum absolute atomic E-state index is 10.0. The summed E-state index contributed by atoms with van der Waals surface area (Å²) in [5.74, 6) is 0.703. The largest absolute Gasteiger partial charge is 0.228 e. The molecule has 0 atom stereocenters. The third-order valence-corrected chi connectivity index (χ3v) is 12.8. The van der Waals surface area contributed by atoms with E-state index in [1.807, 2.05) is 54.2 Å². The van der Waals surface area contributed by atoms with Crippen LogP contribution in [0.25, 0.3) is 67.3 Å². The molecule has 1 aromatic heterocycles. The van der Waals surface area contributed by atoms with E-state index in [1.54, 1.807) is 0 Å². The highest BCUT2D eigenvalue weighted by atomic mass is 32.2. The van der Waals surface area contributed by atoms with Crippen molar-refractivity contribution in [1.29, 1.82) is 5.26 Å². The van der Waals surface area contributed by atoms with Crippen molar-refractivity contribution in [3.8, 4) is 73.4 Å². The fourth-order valence-electron chi connectivity index (χ4n) is 8.94. The third kappa shape index (κ3) is 5.44. The van der Waals surface area contributed by atoms with Crippen LogP contribution < -0.4 is 0 Å². The summed E-state index contributed by atoms with van der Waals surface area (Å²) in [7, 11) is 0. The summed E-state index contributed by atoms with van der Waals surface area (Å²) in [5, 5.41) is 10.0. The summed E-state index contributed by atoms with van der Waals surface area (Å²) in [6, 6.07) is 73.2. The first-order valence-electron chi connectivity index (χ1n) is 19.4. The van der Waals surface area contributed by atoms with Gasteiger partial charge in [-0.1, -0.05) is 169 Å². The standard InChI is InChI=1S/C54H33N3S/c55-34-35-22-28-45-43(30-35)44-32-41(27-29-46(44)54(45)47-18-7-9-20-51(47)58-52-21-10-8-19-48(52)54)37-25-23-36(24-26-37)40-16-11-17-42(31-40)50-33-49(38-12-3-1-4-13-38)56-53(57-50)39-14-5-2-6-15-39/h1-33H. The van der Waals surface area contributed by atoms with Crippen molar-refractivity contribution in [2.75, 3.05) is 0 Å². The minimum Gasteiger partial charge on any atom is -0.228 e. The Bertz CT molecular complexity index is 2990. The molecule has 0 N–H and O–H groups in total. The normalized spacial score (nSPS) is 12.9. The van der Waals surface area contributed by atoms with E-state index in [1.165, 1.54) is 37.6 Å². The van der Waals surface area contributed by atoms with Crippen LogP contribution in [0.3, 0.4) is 0 Å². The van der Waals surface area contributed by atoms with Crippen molar-refractivity contribution in [2.45, 2.75) is 15.2 Å². The Kier molecular flexibility index (Phi) is 8.03. The molecule has 4 heteroatoms. The molecule has 8 aromatic carbocycles. The molecule has 3 nitrogen and oxygen atoms in total. The molecule has 1 aliphatic heterocycles. The Balaban J connectivity index is 0.985. The van der Waals surface area contributed by atoms with Crippen molar-refractivity contribution >= 4 is 11.8 Å². The van der Waals surface area contributed by atoms with Crippen molar-refractivity contribution in [3.63, 3.8) is 0 Å². The van der Waals surface area contributed by atoms with Crippen LogP contribution in [0.15, 0.2) is 210 Å². The first kappa shape index (κ1) is 34.0. The van der Waals surface area contributed by atoms with Crippen molar-refractivity contribution in [2.24, 2.45) is 0 Å². The van der Waals surface area contributed by atoms with Gasteiger partial charge in [0.1, 0.15) is 0 Å². The SMILES string of the molecule is N#Cc1ccc2c(c1)-c1cc(-c3ccc(-c4cccc(-c5cc(-c6ccccc6)nc(-c6ccccc6)n5)c4)cc3)ccc1C21c2ccccc2Sc2ccccc21. The van der Waals surface area contributed by atoms with Gasteiger partial charge in [-0.15, -0.1) is 0 Å². The Morgan fingerprint density at radius 1 is 0.379 bits per heavy atom. The zero-order valence-corrected chi connectivity index (χ0v) is 32.1. The fraction of sp³-hybridized carbons (Fsp3) is 0.0185. The van der Waals surface area contributed by atoms with Crippen LogP contribution in [0, 0.1) is 11.3 Å². The summed E-state index contributed by atoms with van der Waals surface area (Å²) in [4.78, 5) is 12.6. The molecule has 2 aliphatic rings. The maximum atomic E-state index is 10.0. The van der Waals surface area contributed by atoms with Crippen molar-refractivity contribution < 1.29 is 0 Å². The van der Waals surface area contributed by atoms with E-state index < -0.39 is 5.41 Å². The molecule has 2 heterocycles. The van der Waals surface area contributed by atoms with Crippen LogP contribution in [0.1, 0.15) is 27.8 Å². The highest BCUT2D eigenvalue weighted by Crippen LogP contribution is 2.62. The van der Waals surface area contributed by atoms with E-state index in [2.05, 4.69) is 164 Å². The van der Waals surface area contributed by atoms with Crippen LogP contribution in [0.4, 0.5) is 0 Å². The second kappa shape index (κ2) is 13.7. The highest BCUT2D eigenvalue weighted by molar-refractivity contribution is 7.99. The van der Waals surface area contributed by atoms with E-state index in [-0.39, 0.29) is 0 Å². The number of hydrogen-bond acceptors (Lipinski definition) is 4. The van der Waals surface area contributed by atoms with E-state index in [0.717, 1.165) is 55.9 Å². The molecule has 1 spiro atoms. The zero-order chi connectivity index (χ0) is 38.6. The van der Waals surface area contributed by atoms with Gasteiger partial charge in [0.15, 0.2) is 5.82 Å². The maximum Gasteiger partial charge on any atom is 0.160 e. The number of nitrogens with zero attached hydrogens (tertiary/aromatic N) is 3. The minimum absolute atomic E-state index is 0.474. The molecule has 1 aliphatic carbocycles. The van der Waals surface area contributed by atoms with Gasteiger partial charge in [0.2, 0.25) is 0 Å². The number of rotatable bonds is 5. The summed E-state index contributed by atoms with van der Waals surface area (Å²) in [5.41, 5.74) is 16.9. The van der Waals surface area contributed by atoms with Gasteiger partial charge in [-0.05, 0) is 98.1 Å². The van der Waals surface area contributed by atoms with Crippen molar-refractivity contribution in [1.82, 2.24) is 9.97 Å². The molecule has 0 saturated carbocycles. The van der Waals surface area contributed by atoms with Gasteiger partial charge in [0.25, 0.3) is 0 Å². The molecule has 0 fully saturated rings. The lowest BCUT2D eigenvalue weighted by molar-refractivity contribution is 0.722. The van der Waals surface area contributed by atoms with Crippen molar-refractivity contribution in [3.05, 3.63) is 228 Å². The summed E-state index contributed by atoms with van der Waals surface area (Å²) < 4.78 is 0. The van der Waals surface area contributed by atoms with Crippen LogP contribution in [0.2, 0.25) is 0 Å². The monoisotopic (exact) mass is 755 g/mol. The smallest absolute Gasteiger partial charge is 0.160 e. The molecule has 0 amide bonds. The topological polar surface area (TPSA) is 49.6 Å².